The Morgan fingerprint density at radius 1 is 0.500 bits per heavy atom. The fourth-order valence-electron chi connectivity index (χ4n) is 4.52. The maximum Gasteiger partial charge on any atom is 0.0908 e. The molecular formula is C26H32N2. The van der Waals surface area contributed by atoms with Gasteiger partial charge in [-0.05, 0) is 25.7 Å². The lowest BCUT2D eigenvalue weighted by Crippen LogP contribution is -2.24. The molecule has 2 fully saturated rings. The van der Waals surface area contributed by atoms with Crippen LogP contribution in [-0.2, 0) is 0 Å². The second-order valence-corrected chi connectivity index (χ2v) is 8.27. The summed E-state index contributed by atoms with van der Waals surface area (Å²) in [4.78, 5) is 10.7. The average Bonchev–Trinajstić information content (AvgIpc) is 2.79. The monoisotopic (exact) mass is 372 g/mol. The molecule has 0 saturated heterocycles. The molecule has 0 N–H and O–H groups in total. The Bertz CT molecular complexity index is 710. The number of aliphatic imine (C=N–C) groups is 2. The van der Waals surface area contributed by atoms with Crippen LogP contribution in [0.25, 0.3) is 0 Å². The molecule has 0 unspecified atom stereocenters. The minimum Gasteiger partial charge on any atom is -0.279 e. The van der Waals surface area contributed by atoms with Crippen molar-refractivity contribution in [2.75, 3.05) is 0 Å². The van der Waals surface area contributed by atoms with Gasteiger partial charge in [0.1, 0.15) is 0 Å². The van der Waals surface area contributed by atoms with Gasteiger partial charge in [-0.3, -0.25) is 9.98 Å². The predicted molar refractivity (Wildman–Crippen MR) is 120 cm³/mol. The smallest absolute Gasteiger partial charge is 0.0908 e. The highest BCUT2D eigenvalue weighted by Gasteiger charge is 2.21. The molecule has 0 radical (unpaired) electrons. The molecule has 0 atom stereocenters. The van der Waals surface area contributed by atoms with Crippen LogP contribution in [0.2, 0.25) is 0 Å². The topological polar surface area (TPSA) is 24.7 Å². The summed E-state index contributed by atoms with van der Waals surface area (Å²) in [6, 6.07) is 22.3. The van der Waals surface area contributed by atoms with E-state index in [2.05, 4.69) is 60.7 Å². The Labute approximate surface area is 169 Å². The summed E-state index contributed by atoms with van der Waals surface area (Å²) in [5, 5.41) is 0. The number of nitrogens with zero attached hydrogens (tertiary/aromatic N) is 2. The van der Waals surface area contributed by atoms with E-state index in [-0.39, 0.29) is 0 Å². The van der Waals surface area contributed by atoms with Crippen LogP contribution in [-0.4, -0.2) is 23.5 Å². The molecule has 0 aliphatic heterocycles. The van der Waals surface area contributed by atoms with Crippen LogP contribution in [0.3, 0.4) is 0 Å². The molecule has 146 valence electrons. The first-order valence-electron chi connectivity index (χ1n) is 11.2. The molecule has 0 bridgehead atoms. The summed E-state index contributed by atoms with van der Waals surface area (Å²) in [5.74, 6) is 0. The molecule has 4 rings (SSSR count). The number of rotatable bonds is 5. The van der Waals surface area contributed by atoms with Crippen LogP contribution in [0.5, 0.6) is 0 Å². The van der Waals surface area contributed by atoms with Crippen molar-refractivity contribution in [1.29, 1.82) is 0 Å². The van der Waals surface area contributed by atoms with E-state index in [0.717, 1.165) is 11.4 Å². The van der Waals surface area contributed by atoms with E-state index >= 15 is 0 Å². The molecule has 0 amide bonds. The lowest BCUT2D eigenvalue weighted by Gasteiger charge is -2.23. The summed E-state index contributed by atoms with van der Waals surface area (Å²) in [6.45, 7) is 0. The molecular weight excluding hydrogens is 340 g/mol. The first-order chi connectivity index (χ1) is 13.9. The summed E-state index contributed by atoms with van der Waals surface area (Å²) < 4.78 is 0. The Morgan fingerprint density at radius 2 is 0.857 bits per heavy atom. The molecule has 2 aromatic carbocycles. The quantitative estimate of drug-likeness (QED) is 0.526. The summed E-state index contributed by atoms with van der Waals surface area (Å²) in [7, 11) is 0. The van der Waals surface area contributed by atoms with E-state index in [0.29, 0.717) is 12.1 Å². The summed E-state index contributed by atoms with van der Waals surface area (Å²) in [5.41, 5.74) is 4.60. The second-order valence-electron chi connectivity index (χ2n) is 8.27. The fourth-order valence-corrected chi connectivity index (χ4v) is 4.52. The third-order valence-electron chi connectivity index (χ3n) is 6.09. The van der Waals surface area contributed by atoms with Crippen molar-refractivity contribution in [1.82, 2.24) is 0 Å². The average molecular weight is 373 g/mol. The van der Waals surface area contributed by atoms with Crippen LogP contribution < -0.4 is 0 Å². The maximum absolute atomic E-state index is 5.33. The fraction of sp³-hybridized carbons (Fsp3) is 0.462. The van der Waals surface area contributed by atoms with Gasteiger partial charge in [-0.15, -0.1) is 0 Å². The molecule has 28 heavy (non-hydrogen) atoms. The van der Waals surface area contributed by atoms with E-state index in [1.165, 1.54) is 75.3 Å². The Kier molecular flexibility index (Phi) is 6.70. The van der Waals surface area contributed by atoms with Gasteiger partial charge in [0, 0.05) is 11.1 Å². The van der Waals surface area contributed by atoms with Gasteiger partial charge in [0.15, 0.2) is 0 Å². The zero-order valence-corrected chi connectivity index (χ0v) is 16.9. The predicted octanol–water partition coefficient (Wildman–Crippen LogP) is 6.63. The first-order valence-corrected chi connectivity index (χ1v) is 11.2. The van der Waals surface area contributed by atoms with E-state index in [1.54, 1.807) is 0 Å². The minimum atomic E-state index is 0.434. The van der Waals surface area contributed by atoms with Crippen LogP contribution in [0, 0.1) is 0 Å². The van der Waals surface area contributed by atoms with Gasteiger partial charge < -0.3 is 0 Å². The molecule has 2 aliphatic carbocycles. The first kappa shape index (κ1) is 19.1. The number of hydrogen-bond donors (Lipinski definition) is 0. The zero-order valence-electron chi connectivity index (χ0n) is 16.9. The van der Waals surface area contributed by atoms with Crippen molar-refractivity contribution in [3.05, 3.63) is 71.8 Å². The maximum atomic E-state index is 5.33. The number of benzene rings is 2. The van der Waals surface area contributed by atoms with Crippen LogP contribution in [0.15, 0.2) is 70.6 Å². The van der Waals surface area contributed by atoms with Crippen molar-refractivity contribution in [3.8, 4) is 0 Å². The van der Waals surface area contributed by atoms with Gasteiger partial charge in [-0.25, -0.2) is 0 Å². The highest BCUT2D eigenvalue weighted by Crippen LogP contribution is 2.25. The largest absolute Gasteiger partial charge is 0.279 e. The highest BCUT2D eigenvalue weighted by molar-refractivity contribution is 6.53. The van der Waals surface area contributed by atoms with Gasteiger partial charge >= 0.3 is 0 Å². The van der Waals surface area contributed by atoms with Crippen LogP contribution >= 0.6 is 0 Å². The van der Waals surface area contributed by atoms with Crippen molar-refractivity contribution < 1.29 is 0 Å². The van der Waals surface area contributed by atoms with E-state index < -0.39 is 0 Å². The summed E-state index contributed by atoms with van der Waals surface area (Å²) in [6.07, 6.45) is 12.8. The Balaban J connectivity index is 1.78. The highest BCUT2D eigenvalue weighted by atomic mass is 14.9. The molecule has 2 nitrogen and oxygen atoms in total. The third kappa shape index (κ3) is 4.98. The van der Waals surface area contributed by atoms with Gasteiger partial charge in [0.25, 0.3) is 0 Å². The molecule has 0 spiro atoms. The van der Waals surface area contributed by atoms with E-state index in [1.807, 2.05) is 0 Å². The molecule has 0 heterocycles. The Hall–Kier alpha value is -2.22. The van der Waals surface area contributed by atoms with Gasteiger partial charge in [-0.2, -0.15) is 0 Å². The lowest BCUT2D eigenvalue weighted by molar-refractivity contribution is 0.442. The van der Waals surface area contributed by atoms with E-state index in [4.69, 9.17) is 9.98 Å². The normalized spacial score (nSPS) is 20.3. The van der Waals surface area contributed by atoms with Gasteiger partial charge in [0.05, 0.1) is 23.5 Å². The summed E-state index contributed by atoms with van der Waals surface area (Å²) >= 11 is 0. The standard InChI is InChI=1S/C26H32N2/c1-5-13-21(14-6-1)25(27-23-17-9-3-10-18-23)26(22-15-7-2-8-16-22)28-24-19-11-4-12-20-24/h1-2,5-8,13-16,23-24H,3-4,9-12,17-20H2. The van der Waals surface area contributed by atoms with Crippen molar-refractivity contribution >= 4 is 11.4 Å². The Morgan fingerprint density at radius 3 is 1.21 bits per heavy atom. The lowest BCUT2D eigenvalue weighted by atomic mass is 9.93. The minimum absolute atomic E-state index is 0.434. The third-order valence-corrected chi connectivity index (χ3v) is 6.09. The second kappa shape index (κ2) is 9.82. The van der Waals surface area contributed by atoms with Crippen molar-refractivity contribution in [2.45, 2.75) is 76.3 Å². The van der Waals surface area contributed by atoms with Crippen molar-refractivity contribution in [3.63, 3.8) is 0 Å². The number of hydrogen-bond acceptors (Lipinski definition) is 2. The molecule has 2 aliphatic rings. The zero-order chi connectivity index (χ0) is 19.0. The molecule has 0 aromatic heterocycles. The molecule has 2 heteroatoms. The van der Waals surface area contributed by atoms with Crippen LogP contribution in [0.4, 0.5) is 0 Å². The van der Waals surface area contributed by atoms with E-state index in [9.17, 15) is 0 Å². The van der Waals surface area contributed by atoms with Crippen LogP contribution in [0.1, 0.15) is 75.3 Å². The van der Waals surface area contributed by atoms with Gasteiger partial charge in [0.2, 0.25) is 0 Å². The molecule has 2 aromatic rings. The SMILES string of the molecule is c1ccc(C(=NC2CCCCC2)C(=NC2CCCCC2)c2ccccc2)cc1. The van der Waals surface area contributed by atoms with Gasteiger partial charge in [-0.1, -0.05) is 99.2 Å². The van der Waals surface area contributed by atoms with Crippen molar-refractivity contribution in [2.24, 2.45) is 9.98 Å². The molecule has 2 saturated carbocycles.